The molecule has 1 aromatic carbocycles. The molecule has 0 unspecified atom stereocenters. The van der Waals surface area contributed by atoms with Crippen LogP contribution in [0.25, 0.3) is 0 Å². The third-order valence-electron chi connectivity index (χ3n) is 3.56. The molecule has 0 N–H and O–H groups in total. The van der Waals surface area contributed by atoms with E-state index >= 15 is 0 Å². The van der Waals surface area contributed by atoms with E-state index in [1.54, 1.807) is 11.8 Å². The Morgan fingerprint density at radius 3 is 2.84 bits per heavy atom. The lowest BCUT2D eigenvalue weighted by atomic mass is 9.99. The van der Waals surface area contributed by atoms with Crippen LogP contribution in [0.4, 0.5) is 0 Å². The molecule has 2 saturated heterocycles. The fourth-order valence-electron chi connectivity index (χ4n) is 2.42. The van der Waals surface area contributed by atoms with Gasteiger partial charge in [0.15, 0.2) is 6.10 Å². The summed E-state index contributed by atoms with van der Waals surface area (Å²) in [4.78, 5) is 24.9. The number of carbonyl (C=O) groups is 2. The standard InChI is InChI=1S/C14H15NO4/c1-9-12(16)15-7-11(19-13(9)15)14(17)18-8-10-5-3-2-4-6-10/h2-6,9,11,13H,7-8H2,1H3/t9-,11+,13-/m0/s1. The van der Waals surface area contributed by atoms with Crippen LogP contribution in [-0.2, 0) is 25.7 Å². The lowest BCUT2D eigenvalue weighted by Gasteiger charge is -2.38. The van der Waals surface area contributed by atoms with Crippen LogP contribution < -0.4 is 0 Å². The van der Waals surface area contributed by atoms with E-state index in [4.69, 9.17) is 9.47 Å². The number of benzene rings is 1. The first-order valence-electron chi connectivity index (χ1n) is 6.33. The second kappa shape index (κ2) is 4.66. The van der Waals surface area contributed by atoms with Crippen molar-refractivity contribution in [1.82, 2.24) is 4.90 Å². The van der Waals surface area contributed by atoms with Crippen LogP contribution in [-0.4, -0.2) is 35.7 Å². The first-order chi connectivity index (χ1) is 9.16. The molecule has 2 heterocycles. The maximum absolute atomic E-state index is 11.9. The molecule has 2 aliphatic heterocycles. The molecule has 19 heavy (non-hydrogen) atoms. The summed E-state index contributed by atoms with van der Waals surface area (Å²) in [6, 6.07) is 9.47. The van der Waals surface area contributed by atoms with Crippen molar-refractivity contribution < 1.29 is 19.1 Å². The number of nitrogens with zero attached hydrogens (tertiary/aromatic N) is 1. The predicted octanol–water partition coefficient (Wildman–Crippen LogP) is 0.933. The third-order valence-corrected chi connectivity index (χ3v) is 3.56. The van der Waals surface area contributed by atoms with Gasteiger partial charge in [0.25, 0.3) is 0 Å². The molecule has 5 nitrogen and oxygen atoms in total. The lowest BCUT2D eigenvalue weighted by molar-refractivity contribution is -0.176. The smallest absolute Gasteiger partial charge is 0.337 e. The van der Waals surface area contributed by atoms with Gasteiger partial charge in [-0.25, -0.2) is 4.79 Å². The Kier molecular flexibility index (Phi) is 2.98. The highest BCUT2D eigenvalue weighted by atomic mass is 16.6. The second-order valence-electron chi connectivity index (χ2n) is 4.89. The average molecular weight is 261 g/mol. The number of hydrogen-bond acceptors (Lipinski definition) is 4. The van der Waals surface area contributed by atoms with Gasteiger partial charge in [-0.05, 0) is 12.5 Å². The first-order valence-corrected chi connectivity index (χ1v) is 6.33. The minimum absolute atomic E-state index is 0.0448. The van der Waals surface area contributed by atoms with Gasteiger partial charge < -0.3 is 14.4 Å². The van der Waals surface area contributed by atoms with Gasteiger partial charge in [0, 0.05) is 0 Å². The van der Waals surface area contributed by atoms with Gasteiger partial charge in [-0.15, -0.1) is 0 Å². The minimum atomic E-state index is -0.650. The summed E-state index contributed by atoms with van der Waals surface area (Å²) >= 11 is 0. The number of ether oxygens (including phenoxy) is 2. The molecule has 1 amide bonds. The van der Waals surface area contributed by atoms with Crippen LogP contribution in [0.1, 0.15) is 12.5 Å². The van der Waals surface area contributed by atoms with Gasteiger partial charge in [-0.3, -0.25) is 4.79 Å². The SMILES string of the molecule is C[C@H]1C(=O)N2C[C@H](C(=O)OCc3ccccc3)O[C@@H]12. The van der Waals surface area contributed by atoms with Crippen molar-refractivity contribution in [2.45, 2.75) is 25.9 Å². The van der Waals surface area contributed by atoms with Crippen molar-refractivity contribution in [1.29, 1.82) is 0 Å². The van der Waals surface area contributed by atoms with E-state index in [2.05, 4.69) is 0 Å². The van der Waals surface area contributed by atoms with E-state index in [1.165, 1.54) is 0 Å². The van der Waals surface area contributed by atoms with Gasteiger partial charge in [0.2, 0.25) is 5.91 Å². The normalized spacial score (nSPS) is 28.8. The largest absolute Gasteiger partial charge is 0.459 e. The van der Waals surface area contributed by atoms with Crippen LogP contribution in [0.5, 0.6) is 0 Å². The van der Waals surface area contributed by atoms with Crippen molar-refractivity contribution in [3.63, 3.8) is 0 Å². The molecule has 3 atom stereocenters. The Bertz CT molecular complexity index is 501. The summed E-state index contributed by atoms with van der Waals surface area (Å²) in [5, 5.41) is 0. The molecule has 0 aromatic heterocycles. The first kappa shape index (κ1) is 12.2. The highest BCUT2D eigenvalue weighted by Crippen LogP contribution is 2.34. The molecule has 3 rings (SSSR count). The van der Waals surface area contributed by atoms with Gasteiger partial charge in [-0.1, -0.05) is 30.3 Å². The van der Waals surface area contributed by atoms with Crippen molar-refractivity contribution in [2.75, 3.05) is 6.54 Å². The highest BCUT2D eigenvalue weighted by Gasteiger charge is 2.53. The Balaban J connectivity index is 1.54. The number of esters is 1. The maximum atomic E-state index is 11.9. The Morgan fingerprint density at radius 1 is 1.42 bits per heavy atom. The molecular formula is C14H15NO4. The molecule has 0 spiro atoms. The molecule has 2 fully saturated rings. The van der Waals surface area contributed by atoms with E-state index in [0.717, 1.165) is 5.56 Å². The second-order valence-corrected chi connectivity index (χ2v) is 4.89. The van der Waals surface area contributed by atoms with Crippen molar-refractivity contribution in [2.24, 2.45) is 5.92 Å². The average Bonchev–Trinajstić information content (AvgIpc) is 2.86. The molecule has 5 heteroatoms. The summed E-state index contributed by atoms with van der Waals surface area (Å²) in [6.45, 7) is 2.34. The van der Waals surface area contributed by atoms with E-state index in [-0.39, 0.29) is 24.7 Å². The maximum Gasteiger partial charge on any atom is 0.337 e. The fourth-order valence-corrected chi connectivity index (χ4v) is 2.42. The molecule has 0 aliphatic carbocycles. The summed E-state index contributed by atoms with van der Waals surface area (Å²) in [6.07, 6.45) is -0.899. The van der Waals surface area contributed by atoms with Crippen molar-refractivity contribution in [3.05, 3.63) is 35.9 Å². The zero-order valence-electron chi connectivity index (χ0n) is 10.6. The van der Waals surface area contributed by atoms with Gasteiger partial charge >= 0.3 is 5.97 Å². The van der Waals surface area contributed by atoms with E-state index < -0.39 is 12.1 Å². The zero-order chi connectivity index (χ0) is 13.4. The quantitative estimate of drug-likeness (QED) is 0.600. The van der Waals surface area contributed by atoms with Crippen LogP contribution in [0, 0.1) is 5.92 Å². The number of carbonyl (C=O) groups excluding carboxylic acids is 2. The van der Waals surface area contributed by atoms with Crippen LogP contribution >= 0.6 is 0 Å². The molecule has 0 saturated carbocycles. The predicted molar refractivity (Wildman–Crippen MR) is 65.8 cm³/mol. The molecule has 0 radical (unpaired) electrons. The summed E-state index contributed by atoms with van der Waals surface area (Å²) in [7, 11) is 0. The summed E-state index contributed by atoms with van der Waals surface area (Å²) in [5.41, 5.74) is 0.932. The number of rotatable bonds is 3. The fraction of sp³-hybridized carbons (Fsp3) is 0.429. The van der Waals surface area contributed by atoms with Gasteiger partial charge in [0.05, 0.1) is 12.5 Å². The van der Waals surface area contributed by atoms with E-state index in [1.807, 2.05) is 30.3 Å². The van der Waals surface area contributed by atoms with Crippen LogP contribution in [0.3, 0.4) is 0 Å². The molecular weight excluding hydrogens is 246 g/mol. The van der Waals surface area contributed by atoms with Gasteiger partial charge in [-0.2, -0.15) is 0 Å². The number of hydrogen-bond donors (Lipinski definition) is 0. The Hall–Kier alpha value is -1.88. The van der Waals surface area contributed by atoms with Crippen molar-refractivity contribution in [3.8, 4) is 0 Å². The number of fused-ring (bicyclic) bond motifs is 1. The monoisotopic (exact) mass is 261 g/mol. The highest BCUT2D eigenvalue weighted by molar-refractivity contribution is 5.87. The topological polar surface area (TPSA) is 55.8 Å². The molecule has 0 bridgehead atoms. The van der Waals surface area contributed by atoms with Crippen molar-refractivity contribution >= 4 is 11.9 Å². The lowest BCUT2D eigenvalue weighted by Crippen LogP contribution is -2.56. The Labute approximate surface area is 111 Å². The van der Waals surface area contributed by atoms with Crippen LogP contribution in [0.2, 0.25) is 0 Å². The number of β-lactam (4-membered cyclic amide) rings is 1. The zero-order valence-corrected chi connectivity index (χ0v) is 10.6. The van der Waals surface area contributed by atoms with E-state index in [9.17, 15) is 9.59 Å². The summed E-state index contributed by atoms with van der Waals surface area (Å²) in [5.74, 6) is -0.506. The third kappa shape index (κ3) is 2.10. The summed E-state index contributed by atoms with van der Waals surface area (Å²) < 4.78 is 10.7. The molecule has 100 valence electrons. The number of amides is 1. The minimum Gasteiger partial charge on any atom is -0.459 e. The van der Waals surface area contributed by atoms with E-state index in [0.29, 0.717) is 6.54 Å². The van der Waals surface area contributed by atoms with Crippen LogP contribution in [0.15, 0.2) is 30.3 Å². The van der Waals surface area contributed by atoms with Gasteiger partial charge in [0.1, 0.15) is 12.8 Å². The Morgan fingerprint density at radius 2 is 2.16 bits per heavy atom. The molecule has 2 aliphatic rings. The molecule has 1 aromatic rings.